The Kier molecular flexibility index (Phi) is 5.96. The van der Waals surface area contributed by atoms with Gasteiger partial charge in [-0.05, 0) is 25.2 Å². The lowest BCUT2D eigenvalue weighted by atomic mass is 9.97. The van der Waals surface area contributed by atoms with Crippen molar-refractivity contribution >= 4 is 5.91 Å². The third-order valence-corrected chi connectivity index (χ3v) is 4.17. The van der Waals surface area contributed by atoms with Crippen molar-refractivity contribution < 1.29 is 14.7 Å². The van der Waals surface area contributed by atoms with E-state index in [0.717, 1.165) is 32.1 Å². The minimum absolute atomic E-state index is 0.130. The van der Waals surface area contributed by atoms with Crippen molar-refractivity contribution in [1.82, 2.24) is 10.8 Å². The molecule has 1 amide bonds. The van der Waals surface area contributed by atoms with E-state index in [0.29, 0.717) is 18.9 Å². The summed E-state index contributed by atoms with van der Waals surface area (Å²) in [6.07, 6.45) is 13.6. The van der Waals surface area contributed by atoms with Gasteiger partial charge in [-0.15, -0.1) is 0 Å². The number of unbranched alkanes of at least 4 members (excludes halogenated alkanes) is 3. The van der Waals surface area contributed by atoms with Gasteiger partial charge in [0.1, 0.15) is 0 Å². The third-order valence-electron chi connectivity index (χ3n) is 4.17. The van der Waals surface area contributed by atoms with Gasteiger partial charge in [0, 0.05) is 6.42 Å². The highest BCUT2D eigenvalue weighted by molar-refractivity contribution is 5.76. The number of hydrogen-bond acceptors (Lipinski definition) is 4. The molecule has 3 atom stereocenters. The van der Waals surface area contributed by atoms with Gasteiger partial charge in [-0.3, -0.25) is 4.79 Å². The second kappa shape index (κ2) is 7.73. The zero-order valence-electron chi connectivity index (χ0n) is 12.7. The molecule has 118 valence electrons. The maximum Gasteiger partial charge on any atom is 0.220 e. The fourth-order valence-corrected chi connectivity index (χ4v) is 2.56. The van der Waals surface area contributed by atoms with Crippen LogP contribution in [-0.2, 0) is 9.53 Å². The van der Waals surface area contributed by atoms with Gasteiger partial charge in [-0.25, -0.2) is 0 Å². The number of hydroxylamine groups is 1. The van der Waals surface area contributed by atoms with E-state index in [1.807, 2.05) is 18.2 Å². The molecule has 1 saturated heterocycles. The van der Waals surface area contributed by atoms with Crippen molar-refractivity contribution in [2.24, 2.45) is 5.92 Å². The van der Waals surface area contributed by atoms with Crippen LogP contribution in [0.1, 0.15) is 45.4 Å². The quantitative estimate of drug-likeness (QED) is 0.346. The third kappa shape index (κ3) is 5.26. The largest absolute Gasteiger partial charge is 0.352 e. The molecule has 0 bridgehead atoms. The molecule has 5 heteroatoms. The highest BCUT2D eigenvalue weighted by Crippen LogP contribution is 2.29. The number of hydrogen-bond donors (Lipinski definition) is 3. The molecule has 2 rings (SSSR count). The first-order chi connectivity index (χ1) is 10.2. The number of carbonyl (C=O) groups is 1. The van der Waals surface area contributed by atoms with Crippen LogP contribution in [0.4, 0.5) is 0 Å². The lowest BCUT2D eigenvalue weighted by Gasteiger charge is -2.21. The first-order valence-corrected chi connectivity index (χ1v) is 7.85. The topological polar surface area (TPSA) is 73.9 Å². The molecule has 1 aliphatic carbocycles. The second-order valence-corrected chi connectivity index (χ2v) is 6.03. The fraction of sp³-hybridized carbons (Fsp3) is 0.688. The summed E-state index contributed by atoms with van der Waals surface area (Å²) in [4.78, 5) is 11.9. The van der Waals surface area contributed by atoms with Crippen LogP contribution in [0, 0.1) is 5.92 Å². The molecule has 5 nitrogen and oxygen atoms in total. The Morgan fingerprint density at radius 1 is 1.29 bits per heavy atom. The van der Waals surface area contributed by atoms with Crippen molar-refractivity contribution in [3.05, 3.63) is 24.3 Å². The number of nitrogens with one attached hydrogen (secondary N) is 2. The fourth-order valence-electron chi connectivity index (χ4n) is 2.56. The molecular formula is C16H26N2O3. The minimum Gasteiger partial charge on any atom is -0.352 e. The average molecular weight is 294 g/mol. The van der Waals surface area contributed by atoms with Crippen LogP contribution in [0.2, 0.25) is 0 Å². The summed E-state index contributed by atoms with van der Waals surface area (Å²) in [5, 5.41) is 11.9. The summed E-state index contributed by atoms with van der Waals surface area (Å²) >= 11 is 0. The average Bonchev–Trinajstić information content (AvgIpc) is 3.26. The summed E-state index contributed by atoms with van der Waals surface area (Å²) in [6, 6.07) is 0.130. The Morgan fingerprint density at radius 3 is 2.67 bits per heavy atom. The molecule has 1 fully saturated rings. The molecular weight excluding hydrogens is 268 g/mol. The van der Waals surface area contributed by atoms with Gasteiger partial charge in [0.15, 0.2) is 5.72 Å². The smallest absolute Gasteiger partial charge is 0.220 e. The van der Waals surface area contributed by atoms with Gasteiger partial charge in [0.25, 0.3) is 0 Å². The summed E-state index contributed by atoms with van der Waals surface area (Å²) in [6.45, 7) is 2.70. The van der Waals surface area contributed by atoms with Crippen LogP contribution in [0.3, 0.4) is 0 Å². The number of epoxide rings is 1. The van der Waals surface area contributed by atoms with E-state index in [9.17, 15) is 4.79 Å². The first-order valence-electron chi connectivity index (χ1n) is 7.85. The van der Waals surface area contributed by atoms with Gasteiger partial charge in [-0.2, -0.15) is 5.48 Å². The first kappa shape index (κ1) is 16.2. The van der Waals surface area contributed by atoms with E-state index in [1.165, 1.54) is 0 Å². The molecule has 3 N–H and O–H groups in total. The van der Waals surface area contributed by atoms with Crippen LogP contribution in [0.15, 0.2) is 24.3 Å². The van der Waals surface area contributed by atoms with Crippen molar-refractivity contribution in [2.75, 3.05) is 6.61 Å². The van der Waals surface area contributed by atoms with E-state index in [4.69, 9.17) is 9.94 Å². The van der Waals surface area contributed by atoms with Crippen LogP contribution in [0.5, 0.6) is 0 Å². The summed E-state index contributed by atoms with van der Waals surface area (Å²) in [5.41, 5.74) is 1.75. The molecule has 0 radical (unpaired) electrons. The molecule has 0 aromatic rings. The lowest BCUT2D eigenvalue weighted by Crippen LogP contribution is -2.37. The molecule has 0 spiro atoms. The Morgan fingerprint density at radius 2 is 2.00 bits per heavy atom. The van der Waals surface area contributed by atoms with Crippen molar-refractivity contribution in [1.29, 1.82) is 0 Å². The normalized spacial score (nSPS) is 30.4. The van der Waals surface area contributed by atoms with Crippen LogP contribution in [-0.4, -0.2) is 29.5 Å². The van der Waals surface area contributed by atoms with Crippen molar-refractivity contribution in [3.63, 3.8) is 0 Å². The van der Waals surface area contributed by atoms with Crippen molar-refractivity contribution in [3.8, 4) is 0 Å². The van der Waals surface area contributed by atoms with Gasteiger partial charge >= 0.3 is 0 Å². The molecule has 3 unspecified atom stereocenters. The van der Waals surface area contributed by atoms with Gasteiger partial charge in [0.2, 0.25) is 5.91 Å². The number of allylic oxidation sites excluding steroid dienone is 2. The molecule has 0 aromatic carbocycles. The SMILES string of the molecule is CC1C=CC=CC1NC(=O)CCCCCCC1(NO)CO1. The van der Waals surface area contributed by atoms with Gasteiger partial charge in [0.05, 0.1) is 12.6 Å². The molecule has 21 heavy (non-hydrogen) atoms. The van der Waals surface area contributed by atoms with Crippen LogP contribution < -0.4 is 10.8 Å². The van der Waals surface area contributed by atoms with E-state index < -0.39 is 5.72 Å². The highest BCUT2D eigenvalue weighted by Gasteiger charge is 2.43. The predicted octanol–water partition coefficient (Wildman–Crippen LogP) is 2.28. The summed E-state index contributed by atoms with van der Waals surface area (Å²) < 4.78 is 5.15. The zero-order valence-corrected chi connectivity index (χ0v) is 12.7. The maximum absolute atomic E-state index is 11.9. The van der Waals surface area contributed by atoms with Crippen LogP contribution >= 0.6 is 0 Å². The summed E-state index contributed by atoms with van der Waals surface area (Å²) in [7, 11) is 0. The monoisotopic (exact) mass is 294 g/mol. The number of ether oxygens (including phenoxy) is 1. The van der Waals surface area contributed by atoms with Crippen molar-refractivity contribution in [2.45, 2.75) is 57.2 Å². The van der Waals surface area contributed by atoms with E-state index in [1.54, 1.807) is 0 Å². The molecule has 0 aromatic heterocycles. The standard InChI is InChI=1S/C16H26N2O3/c1-13-8-5-6-9-14(13)17-15(19)10-4-2-3-7-11-16(18-20)12-21-16/h5-6,8-9,13-14,18,20H,2-4,7,10-12H2,1H3,(H,17,19). The Hall–Kier alpha value is -1.17. The van der Waals surface area contributed by atoms with Crippen LogP contribution in [0.25, 0.3) is 0 Å². The lowest BCUT2D eigenvalue weighted by molar-refractivity contribution is -0.121. The van der Waals surface area contributed by atoms with E-state index in [2.05, 4.69) is 23.8 Å². The Bertz CT molecular complexity index is 402. The number of amides is 1. The van der Waals surface area contributed by atoms with E-state index >= 15 is 0 Å². The minimum atomic E-state index is -0.464. The Labute approximate surface area is 126 Å². The number of carbonyl (C=O) groups excluding carboxylic acids is 1. The Balaban J connectivity index is 1.49. The molecule has 1 heterocycles. The molecule has 1 aliphatic heterocycles. The predicted molar refractivity (Wildman–Crippen MR) is 80.7 cm³/mol. The van der Waals surface area contributed by atoms with Gasteiger partial charge in [-0.1, -0.05) is 44.1 Å². The van der Waals surface area contributed by atoms with Gasteiger partial charge < -0.3 is 15.3 Å². The number of rotatable bonds is 9. The zero-order chi connectivity index (χ0) is 15.1. The maximum atomic E-state index is 11.9. The second-order valence-electron chi connectivity index (χ2n) is 6.03. The highest BCUT2D eigenvalue weighted by atomic mass is 16.7. The van der Waals surface area contributed by atoms with E-state index in [-0.39, 0.29) is 11.9 Å². The molecule has 2 aliphatic rings. The molecule has 0 saturated carbocycles. The summed E-state index contributed by atoms with van der Waals surface area (Å²) in [5.74, 6) is 0.491.